The Labute approximate surface area is 118 Å². The molecular weight excluding hydrogens is 266 g/mol. The van der Waals surface area contributed by atoms with Crippen LogP contribution in [0.1, 0.15) is 32.4 Å². The fourth-order valence-corrected chi connectivity index (χ4v) is 1.65. The monoisotopic (exact) mass is 285 g/mol. The van der Waals surface area contributed by atoms with Crippen LogP contribution in [0.3, 0.4) is 0 Å². The smallest absolute Gasteiger partial charge is 0.407 e. The summed E-state index contributed by atoms with van der Waals surface area (Å²) in [5, 5.41) is 3.09. The number of nitrogens with one attached hydrogen (secondary N) is 1. The average molecular weight is 286 g/mol. The molecule has 0 fully saturated rings. The van der Waals surface area contributed by atoms with Crippen LogP contribution in [-0.4, -0.2) is 29.8 Å². The molecule has 0 aliphatic rings. The van der Waals surface area contributed by atoms with Gasteiger partial charge in [0, 0.05) is 24.7 Å². The number of aromatic nitrogens is 1. The Bertz CT molecular complexity index is 432. The minimum atomic E-state index is -0.517. The zero-order valence-electron chi connectivity index (χ0n) is 11.4. The Morgan fingerprint density at radius 2 is 2.21 bits per heavy atom. The van der Waals surface area contributed by atoms with Crippen LogP contribution in [0.4, 0.5) is 4.79 Å². The quantitative estimate of drug-likeness (QED) is 0.832. The molecule has 0 bridgehead atoms. The van der Waals surface area contributed by atoms with Crippen molar-refractivity contribution in [2.45, 2.75) is 32.3 Å². The van der Waals surface area contributed by atoms with Crippen molar-refractivity contribution in [3.63, 3.8) is 0 Å². The summed E-state index contributed by atoms with van der Waals surface area (Å²) in [6, 6.07) is 5.33. The Kier molecular flexibility index (Phi) is 5.57. The fraction of sp³-hybridized carbons (Fsp3) is 0.538. The van der Waals surface area contributed by atoms with E-state index >= 15 is 0 Å². The van der Waals surface area contributed by atoms with E-state index in [2.05, 4.69) is 10.3 Å². The van der Waals surface area contributed by atoms with E-state index in [1.807, 2.05) is 26.8 Å². The molecule has 1 unspecified atom stereocenters. The molecule has 6 heteroatoms. The number of halogens is 1. The molecule has 1 aromatic heterocycles. The van der Waals surface area contributed by atoms with E-state index in [1.54, 1.807) is 12.1 Å². The molecule has 1 atom stereocenters. The van der Waals surface area contributed by atoms with Gasteiger partial charge in [0.25, 0.3) is 0 Å². The molecule has 19 heavy (non-hydrogen) atoms. The van der Waals surface area contributed by atoms with Crippen LogP contribution in [0.25, 0.3) is 0 Å². The maximum Gasteiger partial charge on any atom is 0.407 e. The third-order valence-corrected chi connectivity index (χ3v) is 2.54. The first-order chi connectivity index (χ1) is 8.81. The lowest BCUT2D eigenvalue weighted by Crippen LogP contribution is -2.36. The van der Waals surface area contributed by atoms with Crippen molar-refractivity contribution in [1.29, 1.82) is 0 Å². The lowest BCUT2D eigenvalue weighted by molar-refractivity contribution is 0.0524. The lowest BCUT2D eigenvalue weighted by atomic mass is 10.1. The van der Waals surface area contributed by atoms with E-state index in [4.69, 9.17) is 22.1 Å². The molecule has 0 aromatic carbocycles. The van der Waals surface area contributed by atoms with E-state index in [1.165, 1.54) is 0 Å². The lowest BCUT2D eigenvalue weighted by Gasteiger charge is -2.21. The highest BCUT2D eigenvalue weighted by Crippen LogP contribution is 2.14. The van der Waals surface area contributed by atoms with Gasteiger partial charge in [-0.2, -0.15) is 0 Å². The predicted molar refractivity (Wildman–Crippen MR) is 75.3 cm³/mol. The number of pyridine rings is 1. The first kappa shape index (κ1) is 15.7. The zero-order valence-corrected chi connectivity index (χ0v) is 12.2. The molecular formula is C13H20ClN3O2. The predicted octanol–water partition coefficient (Wildman–Crippen LogP) is 2.30. The van der Waals surface area contributed by atoms with Crippen molar-refractivity contribution >= 4 is 17.7 Å². The van der Waals surface area contributed by atoms with Gasteiger partial charge in [0.2, 0.25) is 0 Å². The number of nitrogens with two attached hydrogens (primary N) is 1. The van der Waals surface area contributed by atoms with Crippen LogP contribution in [0.15, 0.2) is 18.2 Å². The summed E-state index contributed by atoms with van der Waals surface area (Å²) in [4.78, 5) is 15.7. The number of carbonyl (C=O) groups excluding carboxylic acids is 1. The molecule has 0 aliphatic heterocycles. The number of carbonyl (C=O) groups is 1. The van der Waals surface area contributed by atoms with Crippen molar-refractivity contribution in [1.82, 2.24) is 10.3 Å². The summed E-state index contributed by atoms with van der Waals surface area (Å²) in [7, 11) is 0. The number of hydrogen-bond donors (Lipinski definition) is 2. The van der Waals surface area contributed by atoms with Gasteiger partial charge in [0.05, 0.1) is 0 Å². The molecule has 1 rings (SSSR count). The number of nitrogens with zero attached hydrogens (tertiary/aromatic N) is 1. The molecule has 0 aliphatic carbocycles. The molecule has 0 saturated carbocycles. The van der Waals surface area contributed by atoms with E-state index in [0.717, 1.165) is 5.69 Å². The molecule has 0 spiro atoms. The third kappa shape index (κ3) is 5.89. The number of hydrogen-bond acceptors (Lipinski definition) is 4. The standard InChI is InChI=1S/C13H20ClN3O2/c1-13(2,3)19-12(18)16-8-9(7-15)10-5-4-6-11(14)17-10/h4-6,9H,7-8,15H2,1-3H3,(H,16,18). The second-order valence-electron chi connectivity index (χ2n) is 5.20. The Morgan fingerprint density at radius 3 is 2.74 bits per heavy atom. The van der Waals surface area contributed by atoms with Crippen molar-refractivity contribution in [2.75, 3.05) is 13.1 Å². The molecule has 1 amide bonds. The molecule has 0 saturated heterocycles. The van der Waals surface area contributed by atoms with Crippen molar-refractivity contribution < 1.29 is 9.53 Å². The van der Waals surface area contributed by atoms with Crippen LogP contribution < -0.4 is 11.1 Å². The van der Waals surface area contributed by atoms with Crippen LogP contribution in [-0.2, 0) is 4.74 Å². The van der Waals surface area contributed by atoms with Crippen molar-refractivity contribution in [3.05, 3.63) is 29.0 Å². The van der Waals surface area contributed by atoms with Gasteiger partial charge in [-0.15, -0.1) is 0 Å². The van der Waals surface area contributed by atoms with E-state index < -0.39 is 11.7 Å². The van der Waals surface area contributed by atoms with Gasteiger partial charge in [-0.1, -0.05) is 17.7 Å². The summed E-state index contributed by atoms with van der Waals surface area (Å²) in [5.74, 6) is -0.0915. The second kappa shape index (κ2) is 6.73. The highest BCUT2D eigenvalue weighted by molar-refractivity contribution is 6.29. The SMILES string of the molecule is CC(C)(C)OC(=O)NCC(CN)c1cccc(Cl)n1. The normalized spacial score (nSPS) is 12.9. The highest BCUT2D eigenvalue weighted by Gasteiger charge is 2.18. The van der Waals surface area contributed by atoms with Gasteiger partial charge >= 0.3 is 6.09 Å². The first-order valence-corrected chi connectivity index (χ1v) is 6.49. The van der Waals surface area contributed by atoms with Gasteiger partial charge in [-0.3, -0.25) is 0 Å². The summed E-state index contributed by atoms with van der Waals surface area (Å²) in [5.41, 5.74) is 5.93. The zero-order chi connectivity index (χ0) is 14.5. The van der Waals surface area contributed by atoms with E-state index in [-0.39, 0.29) is 5.92 Å². The van der Waals surface area contributed by atoms with Crippen LogP contribution in [0, 0.1) is 0 Å². The summed E-state index contributed by atoms with van der Waals surface area (Å²) < 4.78 is 5.15. The molecule has 5 nitrogen and oxygen atoms in total. The van der Waals surface area contributed by atoms with Crippen LogP contribution >= 0.6 is 11.6 Å². The maximum atomic E-state index is 11.6. The van der Waals surface area contributed by atoms with E-state index in [0.29, 0.717) is 18.2 Å². The van der Waals surface area contributed by atoms with Gasteiger partial charge in [0.15, 0.2) is 0 Å². The van der Waals surface area contributed by atoms with E-state index in [9.17, 15) is 4.79 Å². The largest absolute Gasteiger partial charge is 0.444 e. The summed E-state index contributed by atoms with van der Waals surface area (Å²) in [6.07, 6.45) is -0.465. The number of amides is 1. The van der Waals surface area contributed by atoms with Gasteiger partial charge in [0.1, 0.15) is 10.8 Å². The van der Waals surface area contributed by atoms with Gasteiger partial charge in [-0.25, -0.2) is 9.78 Å². The van der Waals surface area contributed by atoms with Gasteiger partial charge < -0.3 is 15.8 Å². The fourth-order valence-electron chi connectivity index (χ4n) is 1.48. The molecule has 0 radical (unpaired) electrons. The molecule has 3 N–H and O–H groups in total. The Hall–Kier alpha value is -1.33. The molecule has 1 aromatic rings. The van der Waals surface area contributed by atoms with Crippen LogP contribution in [0.5, 0.6) is 0 Å². The third-order valence-electron chi connectivity index (χ3n) is 2.33. The summed E-state index contributed by atoms with van der Waals surface area (Å²) in [6.45, 7) is 6.16. The molecule has 1 heterocycles. The Balaban J connectivity index is 2.56. The van der Waals surface area contributed by atoms with Crippen LogP contribution in [0.2, 0.25) is 5.15 Å². The average Bonchev–Trinajstić information content (AvgIpc) is 2.27. The highest BCUT2D eigenvalue weighted by atomic mass is 35.5. The van der Waals surface area contributed by atoms with Gasteiger partial charge in [-0.05, 0) is 32.9 Å². The maximum absolute atomic E-state index is 11.6. The van der Waals surface area contributed by atoms with Crippen molar-refractivity contribution in [2.24, 2.45) is 5.73 Å². The summed E-state index contributed by atoms with van der Waals surface area (Å²) >= 11 is 5.83. The first-order valence-electron chi connectivity index (χ1n) is 6.11. The minimum absolute atomic E-state index is 0.0915. The number of alkyl carbamates (subject to hydrolysis) is 1. The number of rotatable bonds is 4. The Morgan fingerprint density at radius 1 is 1.53 bits per heavy atom. The second-order valence-corrected chi connectivity index (χ2v) is 5.59. The topological polar surface area (TPSA) is 77.2 Å². The number of ether oxygens (including phenoxy) is 1. The molecule has 106 valence electrons. The minimum Gasteiger partial charge on any atom is -0.444 e. The van der Waals surface area contributed by atoms with Crippen molar-refractivity contribution in [3.8, 4) is 0 Å².